The lowest BCUT2D eigenvalue weighted by atomic mass is 10.2. The van der Waals surface area contributed by atoms with E-state index >= 15 is 0 Å². The van der Waals surface area contributed by atoms with Crippen molar-refractivity contribution in [3.63, 3.8) is 0 Å². The molecule has 2 aromatic rings. The molecule has 1 aromatic heterocycles. The van der Waals surface area contributed by atoms with E-state index in [1.807, 2.05) is 24.3 Å². The first-order valence-corrected chi connectivity index (χ1v) is 5.67. The highest BCUT2D eigenvalue weighted by Gasteiger charge is 2.05. The van der Waals surface area contributed by atoms with E-state index in [2.05, 4.69) is 15.5 Å². The fraction of sp³-hybridized carbons (Fsp3) is 0.273. The summed E-state index contributed by atoms with van der Waals surface area (Å²) in [5, 5.41) is 11.4. The van der Waals surface area contributed by atoms with Gasteiger partial charge in [0.1, 0.15) is 0 Å². The van der Waals surface area contributed by atoms with Crippen molar-refractivity contribution in [1.29, 1.82) is 0 Å². The molecule has 2 rings (SSSR count). The molecule has 0 unspecified atom stereocenters. The van der Waals surface area contributed by atoms with Crippen LogP contribution in [0.5, 0.6) is 0 Å². The number of hydrogen-bond donors (Lipinski definition) is 2. The molecule has 5 nitrogen and oxygen atoms in total. The molecule has 1 aromatic carbocycles. The van der Waals surface area contributed by atoms with Gasteiger partial charge in [-0.15, -0.1) is 5.10 Å². The van der Waals surface area contributed by atoms with Gasteiger partial charge in [0.15, 0.2) is 0 Å². The van der Waals surface area contributed by atoms with Crippen LogP contribution in [-0.4, -0.2) is 16.7 Å². The summed E-state index contributed by atoms with van der Waals surface area (Å²) in [4.78, 5) is 0. The highest BCUT2D eigenvalue weighted by molar-refractivity contribution is 6.31. The summed E-state index contributed by atoms with van der Waals surface area (Å²) in [6, 6.07) is 7.97. The Morgan fingerprint density at radius 1 is 1.29 bits per heavy atom. The van der Waals surface area contributed by atoms with Crippen LogP contribution in [0.3, 0.4) is 0 Å². The third kappa shape index (κ3) is 3.18. The van der Waals surface area contributed by atoms with Gasteiger partial charge in [-0.3, -0.25) is 0 Å². The fourth-order valence-electron chi connectivity index (χ4n) is 1.36. The smallest absolute Gasteiger partial charge is 0.315 e. The zero-order chi connectivity index (χ0) is 12.1. The molecule has 0 aliphatic heterocycles. The van der Waals surface area contributed by atoms with Crippen molar-refractivity contribution in [3.05, 3.63) is 40.7 Å². The second-order valence-corrected chi connectivity index (χ2v) is 3.89. The number of nitrogens with zero attached hydrogens (tertiary/aromatic N) is 2. The maximum absolute atomic E-state index is 6.02. The maximum Gasteiger partial charge on any atom is 0.315 e. The Balaban J connectivity index is 1.95. The zero-order valence-electron chi connectivity index (χ0n) is 9.19. The number of nitrogens with two attached hydrogens (primary N) is 1. The number of benzene rings is 1. The van der Waals surface area contributed by atoms with Gasteiger partial charge in [-0.25, -0.2) is 0 Å². The van der Waals surface area contributed by atoms with Gasteiger partial charge in [-0.05, 0) is 11.6 Å². The summed E-state index contributed by atoms with van der Waals surface area (Å²) >= 11 is 6.02. The van der Waals surface area contributed by atoms with E-state index < -0.39 is 0 Å². The van der Waals surface area contributed by atoms with Crippen molar-refractivity contribution in [3.8, 4) is 0 Å². The van der Waals surface area contributed by atoms with Gasteiger partial charge < -0.3 is 15.5 Å². The predicted molar refractivity (Wildman–Crippen MR) is 65.8 cm³/mol. The first-order chi connectivity index (χ1) is 8.29. The molecule has 0 atom stereocenters. The number of rotatable bonds is 5. The van der Waals surface area contributed by atoms with Crippen molar-refractivity contribution in [2.45, 2.75) is 13.0 Å². The van der Waals surface area contributed by atoms with Gasteiger partial charge in [-0.2, -0.15) is 0 Å². The lowest BCUT2D eigenvalue weighted by Crippen LogP contribution is -2.02. The minimum atomic E-state index is 0.383. The van der Waals surface area contributed by atoms with Crippen molar-refractivity contribution in [2.24, 2.45) is 5.73 Å². The summed E-state index contributed by atoms with van der Waals surface area (Å²) in [5.74, 6) is 0.536. The van der Waals surface area contributed by atoms with Crippen molar-refractivity contribution < 1.29 is 4.42 Å². The Morgan fingerprint density at radius 3 is 2.88 bits per heavy atom. The molecule has 0 spiro atoms. The van der Waals surface area contributed by atoms with E-state index in [1.165, 1.54) is 0 Å². The van der Waals surface area contributed by atoms with E-state index in [0.29, 0.717) is 36.4 Å². The van der Waals surface area contributed by atoms with E-state index in [0.717, 1.165) is 5.56 Å². The Bertz CT molecular complexity index is 486. The highest BCUT2D eigenvalue weighted by atomic mass is 35.5. The van der Waals surface area contributed by atoms with Gasteiger partial charge in [-0.1, -0.05) is 34.9 Å². The van der Waals surface area contributed by atoms with Crippen molar-refractivity contribution >= 4 is 17.6 Å². The molecule has 0 radical (unpaired) electrons. The van der Waals surface area contributed by atoms with Crippen LogP contribution in [0.25, 0.3) is 0 Å². The summed E-state index contributed by atoms with van der Waals surface area (Å²) in [7, 11) is 0. The van der Waals surface area contributed by atoms with Crippen LogP contribution in [0, 0.1) is 0 Å². The Hall–Kier alpha value is -1.59. The monoisotopic (exact) mass is 252 g/mol. The summed E-state index contributed by atoms with van der Waals surface area (Å²) in [6.07, 6.45) is 0.584. The topological polar surface area (TPSA) is 77.0 Å². The van der Waals surface area contributed by atoms with E-state index in [4.69, 9.17) is 21.8 Å². The fourth-order valence-corrected chi connectivity index (χ4v) is 1.56. The minimum Gasteiger partial charge on any atom is -0.408 e. The Kier molecular flexibility index (Phi) is 3.95. The van der Waals surface area contributed by atoms with Crippen LogP contribution in [-0.2, 0) is 13.0 Å². The predicted octanol–water partition coefficient (Wildman–Crippen LogP) is 1.84. The first-order valence-electron chi connectivity index (χ1n) is 5.29. The quantitative estimate of drug-likeness (QED) is 0.849. The van der Waals surface area contributed by atoms with Crippen molar-refractivity contribution in [1.82, 2.24) is 10.2 Å². The normalized spacial score (nSPS) is 10.5. The molecule has 0 saturated carbocycles. The molecule has 0 bridgehead atoms. The summed E-state index contributed by atoms with van der Waals surface area (Å²) < 4.78 is 5.33. The third-order valence-electron chi connectivity index (χ3n) is 2.21. The van der Waals surface area contributed by atoms with Gasteiger partial charge in [0.2, 0.25) is 5.89 Å². The van der Waals surface area contributed by atoms with Gasteiger partial charge in [0.25, 0.3) is 0 Å². The van der Waals surface area contributed by atoms with Gasteiger partial charge in [0.05, 0.1) is 0 Å². The molecule has 0 fully saturated rings. The molecular formula is C11H13ClN4O. The molecule has 6 heteroatoms. The molecule has 0 aliphatic carbocycles. The van der Waals surface area contributed by atoms with Crippen LogP contribution in [0.15, 0.2) is 28.7 Å². The number of halogens is 1. The van der Waals surface area contributed by atoms with Crippen LogP contribution >= 0.6 is 11.6 Å². The lowest BCUT2D eigenvalue weighted by molar-refractivity contribution is 0.505. The molecule has 17 heavy (non-hydrogen) atoms. The Morgan fingerprint density at radius 2 is 2.12 bits per heavy atom. The van der Waals surface area contributed by atoms with E-state index in [1.54, 1.807) is 0 Å². The summed E-state index contributed by atoms with van der Waals surface area (Å²) in [6.45, 7) is 1.04. The van der Waals surface area contributed by atoms with Crippen LogP contribution in [0.1, 0.15) is 11.5 Å². The van der Waals surface area contributed by atoms with E-state index in [9.17, 15) is 0 Å². The molecule has 0 amide bonds. The van der Waals surface area contributed by atoms with Gasteiger partial charge in [0, 0.05) is 24.5 Å². The minimum absolute atomic E-state index is 0.383. The van der Waals surface area contributed by atoms with Gasteiger partial charge >= 0.3 is 6.01 Å². The lowest BCUT2D eigenvalue weighted by Gasteiger charge is -2.03. The molecule has 3 N–H and O–H groups in total. The largest absolute Gasteiger partial charge is 0.408 e. The number of nitrogens with one attached hydrogen (secondary N) is 1. The number of aromatic nitrogens is 2. The second kappa shape index (κ2) is 5.65. The SMILES string of the molecule is NCCc1nnc(NCc2ccccc2Cl)o1. The Labute approximate surface area is 104 Å². The second-order valence-electron chi connectivity index (χ2n) is 3.48. The van der Waals surface area contributed by atoms with Crippen LogP contribution in [0.2, 0.25) is 5.02 Å². The van der Waals surface area contributed by atoms with Crippen molar-refractivity contribution in [2.75, 3.05) is 11.9 Å². The van der Waals surface area contributed by atoms with E-state index in [-0.39, 0.29) is 0 Å². The molecule has 90 valence electrons. The number of hydrogen-bond acceptors (Lipinski definition) is 5. The molecule has 0 saturated heterocycles. The number of anilines is 1. The van der Waals surface area contributed by atoms with Crippen LogP contribution < -0.4 is 11.1 Å². The zero-order valence-corrected chi connectivity index (χ0v) is 9.94. The standard InChI is InChI=1S/C11H13ClN4O/c12-9-4-2-1-3-8(9)7-14-11-16-15-10(17-11)5-6-13/h1-4H,5-7,13H2,(H,14,16). The molecule has 1 heterocycles. The average Bonchev–Trinajstić information content (AvgIpc) is 2.76. The first kappa shape index (κ1) is 11.9. The summed E-state index contributed by atoms with van der Waals surface area (Å²) in [5.41, 5.74) is 6.37. The van der Waals surface area contributed by atoms with Crippen LogP contribution in [0.4, 0.5) is 6.01 Å². The molecular weight excluding hydrogens is 240 g/mol. The third-order valence-corrected chi connectivity index (χ3v) is 2.58. The maximum atomic E-state index is 6.02. The average molecular weight is 253 g/mol. The highest BCUT2D eigenvalue weighted by Crippen LogP contribution is 2.16. The molecule has 0 aliphatic rings.